The first kappa shape index (κ1) is 15.1. The summed E-state index contributed by atoms with van der Waals surface area (Å²) in [4.78, 5) is 16.2. The maximum atomic E-state index is 12.2. The number of H-pyrrole nitrogens is 1. The lowest BCUT2D eigenvalue weighted by atomic mass is 10.2. The van der Waals surface area contributed by atoms with Crippen LogP contribution in [-0.4, -0.2) is 29.5 Å². The summed E-state index contributed by atoms with van der Waals surface area (Å²) in [5, 5.41) is 15.1. The molecule has 1 amide bonds. The number of pyridine rings is 1. The van der Waals surface area contributed by atoms with Gasteiger partial charge in [-0.1, -0.05) is 12.1 Å². The molecule has 8 nitrogen and oxygen atoms in total. The Kier molecular flexibility index (Phi) is 3.80. The number of rotatable bonds is 4. The van der Waals surface area contributed by atoms with Crippen LogP contribution in [0.4, 0.5) is 0 Å². The fraction of sp³-hybridized carbons (Fsp3) is 0.0714. The number of primary sulfonamides is 1. The summed E-state index contributed by atoms with van der Waals surface area (Å²) >= 11 is 0. The summed E-state index contributed by atoms with van der Waals surface area (Å²) in [7, 11) is -3.72. The van der Waals surface area contributed by atoms with Gasteiger partial charge in [0.2, 0.25) is 10.0 Å². The molecule has 0 unspecified atom stereocenters. The second-order valence-electron chi connectivity index (χ2n) is 4.87. The summed E-state index contributed by atoms with van der Waals surface area (Å²) in [5.74, 6) is -0.347. The van der Waals surface area contributed by atoms with E-state index in [-0.39, 0.29) is 23.0 Å². The summed E-state index contributed by atoms with van der Waals surface area (Å²) in [5.41, 5.74) is 1.72. The Balaban J connectivity index is 1.72. The Hall–Kier alpha value is -2.78. The van der Waals surface area contributed by atoms with E-state index in [1.165, 1.54) is 12.1 Å². The molecule has 3 rings (SSSR count). The monoisotopic (exact) mass is 331 g/mol. The zero-order valence-electron chi connectivity index (χ0n) is 11.9. The summed E-state index contributed by atoms with van der Waals surface area (Å²) in [6.07, 6.45) is 3.17. The van der Waals surface area contributed by atoms with Crippen LogP contribution in [0.3, 0.4) is 0 Å². The molecule has 3 aromatic rings. The molecule has 0 aliphatic heterocycles. The zero-order valence-corrected chi connectivity index (χ0v) is 12.7. The van der Waals surface area contributed by atoms with Gasteiger partial charge in [0.05, 0.1) is 15.8 Å². The van der Waals surface area contributed by atoms with Crippen molar-refractivity contribution >= 4 is 26.8 Å². The van der Waals surface area contributed by atoms with E-state index in [2.05, 4.69) is 20.5 Å². The molecule has 0 saturated carbocycles. The van der Waals surface area contributed by atoms with Gasteiger partial charge in [-0.05, 0) is 23.8 Å². The highest BCUT2D eigenvalue weighted by atomic mass is 32.2. The van der Waals surface area contributed by atoms with Crippen LogP contribution in [0.15, 0.2) is 47.6 Å². The number of sulfonamides is 1. The number of amides is 1. The second kappa shape index (κ2) is 5.78. The largest absolute Gasteiger partial charge is 0.347 e. The van der Waals surface area contributed by atoms with Gasteiger partial charge in [-0.15, -0.1) is 0 Å². The van der Waals surface area contributed by atoms with Crippen molar-refractivity contribution < 1.29 is 13.2 Å². The number of carbonyl (C=O) groups excluding carboxylic acids is 1. The molecular formula is C14H13N5O3S. The number of carbonyl (C=O) groups is 1. The molecule has 0 saturated heterocycles. The number of nitrogens with one attached hydrogen (secondary N) is 2. The number of hydrogen-bond acceptors (Lipinski definition) is 5. The maximum Gasteiger partial charge on any atom is 0.272 e. The van der Waals surface area contributed by atoms with E-state index in [1.54, 1.807) is 30.6 Å². The van der Waals surface area contributed by atoms with Gasteiger partial charge in [-0.2, -0.15) is 5.10 Å². The Morgan fingerprint density at radius 3 is 2.65 bits per heavy atom. The van der Waals surface area contributed by atoms with Gasteiger partial charge in [0.15, 0.2) is 5.69 Å². The summed E-state index contributed by atoms with van der Waals surface area (Å²) in [6, 6.07) is 7.69. The highest BCUT2D eigenvalue weighted by Gasteiger charge is 2.14. The van der Waals surface area contributed by atoms with Crippen molar-refractivity contribution in [2.24, 2.45) is 5.14 Å². The maximum absolute atomic E-state index is 12.2. The van der Waals surface area contributed by atoms with Gasteiger partial charge in [0, 0.05) is 18.9 Å². The van der Waals surface area contributed by atoms with Crippen LogP contribution < -0.4 is 10.5 Å². The van der Waals surface area contributed by atoms with Crippen LogP contribution in [0.25, 0.3) is 10.9 Å². The second-order valence-corrected chi connectivity index (χ2v) is 6.43. The molecule has 0 radical (unpaired) electrons. The van der Waals surface area contributed by atoms with E-state index in [0.29, 0.717) is 5.39 Å². The summed E-state index contributed by atoms with van der Waals surface area (Å²) in [6.45, 7) is 0.234. The number of nitrogens with two attached hydrogens (primary N) is 1. The molecule has 118 valence electrons. The van der Waals surface area contributed by atoms with E-state index in [0.717, 1.165) is 11.1 Å². The molecule has 2 aromatic heterocycles. The van der Waals surface area contributed by atoms with Crippen LogP contribution in [0.2, 0.25) is 0 Å². The summed E-state index contributed by atoms with van der Waals surface area (Å²) < 4.78 is 22.4. The number of fused-ring (bicyclic) bond motifs is 1. The van der Waals surface area contributed by atoms with Crippen molar-refractivity contribution in [1.29, 1.82) is 0 Å². The molecule has 0 aliphatic carbocycles. The molecule has 0 aliphatic rings. The number of aromatic nitrogens is 3. The molecule has 0 spiro atoms. The number of aromatic amines is 1. The van der Waals surface area contributed by atoms with Crippen molar-refractivity contribution in [3.05, 3.63) is 54.0 Å². The minimum Gasteiger partial charge on any atom is -0.347 e. The smallest absolute Gasteiger partial charge is 0.272 e. The quantitative estimate of drug-likeness (QED) is 0.642. The molecule has 2 heterocycles. The van der Waals surface area contributed by atoms with E-state index >= 15 is 0 Å². The Bertz CT molecular complexity index is 964. The SMILES string of the molecule is NS(=O)(=O)c1ccc(CNC(=O)c2n[nH]c3ccncc23)cc1. The lowest BCUT2D eigenvalue weighted by Crippen LogP contribution is -2.23. The highest BCUT2D eigenvalue weighted by Crippen LogP contribution is 2.14. The first-order valence-corrected chi connectivity index (χ1v) is 8.18. The van der Waals surface area contributed by atoms with E-state index < -0.39 is 10.0 Å². The van der Waals surface area contributed by atoms with Gasteiger partial charge in [0.1, 0.15) is 0 Å². The predicted molar refractivity (Wildman–Crippen MR) is 82.9 cm³/mol. The van der Waals surface area contributed by atoms with E-state index in [4.69, 9.17) is 5.14 Å². The Morgan fingerprint density at radius 1 is 1.22 bits per heavy atom. The third-order valence-electron chi connectivity index (χ3n) is 3.28. The fourth-order valence-electron chi connectivity index (χ4n) is 2.09. The third-order valence-corrected chi connectivity index (χ3v) is 4.21. The molecule has 1 aromatic carbocycles. The number of nitrogens with zero attached hydrogens (tertiary/aromatic N) is 2. The Labute approximate surface area is 131 Å². The van der Waals surface area contributed by atoms with Crippen LogP contribution in [0.1, 0.15) is 16.1 Å². The predicted octanol–water partition coefficient (Wildman–Crippen LogP) is 0.535. The van der Waals surface area contributed by atoms with Crippen molar-refractivity contribution in [3.63, 3.8) is 0 Å². The average Bonchev–Trinajstić information content (AvgIpc) is 2.96. The van der Waals surface area contributed by atoms with Crippen LogP contribution in [0, 0.1) is 0 Å². The molecular weight excluding hydrogens is 318 g/mol. The van der Waals surface area contributed by atoms with Gasteiger partial charge in [0.25, 0.3) is 5.91 Å². The fourth-order valence-corrected chi connectivity index (χ4v) is 2.61. The van der Waals surface area contributed by atoms with Gasteiger partial charge >= 0.3 is 0 Å². The van der Waals surface area contributed by atoms with Crippen LogP contribution in [-0.2, 0) is 16.6 Å². The average molecular weight is 331 g/mol. The van der Waals surface area contributed by atoms with Crippen LogP contribution >= 0.6 is 0 Å². The lowest BCUT2D eigenvalue weighted by molar-refractivity contribution is 0.0947. The highest BCUT2D eigenvalue weighted by molar-refractivity contribution is 7.89. The lowest BCUT2D eigenvalue weighted by Gasteiger charge is -2.05. The van der Waals surface area contributed by atoms with Crippen LogP contribution in [0.5, 0.6) is 0 Å². The minimum absolute atomic E-state index is 0.0250. The van der Waals surface area contributed by atoms with Crippen molar-refractivity contribution in [2.45, 2.75) is 11.4 Å². The minimum atomic E-state index is -3.72. The zero-order chi connectivity index (χ0) is 16.4. The van der Waals surface area contributed by atoms with E-state index in [9.17, 15) is 13.2 Å². The van der Waals surface area contributed by atoms with Crippen molar-refractivity contribution in [3.8, 4) is 0 Å². The number of hydrogen-bond donors (Lipinski definition) is 3. The first-order chi connectivity index (χ1) is 10.9. The van der Waals surface area contributed by atoms with Crippen molar-refractivity contribution in [2.75, 3.05) is 0 Å². The third kappa shape index (κ3) is 3.20. The molecule has 0 fully saturated rings. The molecule has 23 heavy (non-hydrogen) atoms. The molecule has 0 bridgehead atoms. The molecule has 4 N–H and O–H groups in total. The normalized spacial score (nSPS) is 11.5. The van der Waals surface area contributed by atoms with Crippen molar-refractivity contribution in [1.82, 2.24) is 20.5 Å². The topological polar surface area (TPSA) is 131 Å². The van der Waals surface area contributed by atoms with Gasteiger partial charge in [-0.25, -0.2) is 13.6 Å². The standard InChI is InChI=1S/C14H13N5O3S/c15-23(21,22)10-3-1-9(2-4-10)7-17-14(20)13-11-8-16-6-5-12(11)18-19-13/h1-6,8H,7H2,(H,17,20)(H,18,19)(H2,15,21,22). The number of benzene rings is 1. The van der Waals surface area contributed by atoms with E-state index in [1.807, 2.05) is 0 Å². The first-order valence-electron chi connectivity index (χ1n) is 6.63. The molecule has 9 heteroatoms. The van der Waals surface area contributed by atoms with Gasteiger partial charge in [-0.3, -0.25) is 14.9 Å². The molecule has 0 atom stereocenters. The van der Waals surface area contributed by atoms with Gasteiger partial charge < -0.3 is 5.32 Å². The Morgan fingerprint density at radius 2 is 1.96 bits per heavy atom.